The zero-order chi connectivity index (χ0) is 47.4. The van der Waals surface area contributed by atoms with E-state index in [1.165, 1.54) is 12.8 Å². The van der Waals surface area contributed by atoms with Gasteiger partial charge in [-0.2, -0.15) is 0 Å². The Morgan fingerprint density at radius 1 is 0.470 bits per heavy atom. The third-order valence-electron chi connectivity index (χ3n) is 13.1. The standard InChI is InChI=1S/C17H29N3O4.C12H21N3O2.C11H20N2O4.C6H11NO/c1-17(2,3)24-16(22)19-8-6-18(7-9-19)12-15(21)20-10-13-4-5-14(11-20)23-13;16-12(9-14-5-3-13-4-6-14)15-7-10-1-2-11(8-15)17-10;1-11(2,3)17-10(16)13-6-4-12(5-7-13)8-9(14)15;1-2-6-4-7-3-5(1)8-6/h13-14H,4-12H2,1-3H3;10-11,13H,1-9H2;4-8H2,1-3H3,(H,14,15);5-7H,1-4H2. The van der Waals surface area contributed by atoms with Crippen LogP contribution in [0.4, 0.5) is 9.59 Å². The molecule has 4 amide bonds. The van der Waals surface area contributed by atoms with Gasteiger partial charge in [-0.25, -0.2) is 9.59 Å². The number of piperazine rings is 3. The van der Waals surface area contributed by atoms with Gasteiger partial charge in [0.1, 0.15) is 11.2 Å². The molecule has 3 N–H and O–H groups in total. The zero-order valence-corrected chi connectivity index (χ0v) is 40.7. The fourth-order valence-corrected chi connectivity index (χ4v) is 9.60. The van der Waals surface area contributed by atoms with Crippen LogP contribution in [0, 0.1) is 0 Å². The fraction of sp³-hybridized carbons (Fsp3) is 0.891. The SMILES string of the molecule is C1CC2CNCC1O2.CC(C)(C)OC(=O)N1CCN(CC(=O)N2CC3CCC(C2)O3)CC1.CC(C)(C)OC(=O)N1CCN(CC(=O)O)CC1.O=C(CN1CCNCC1)N1CC2CCC(C1)O2. The van der Waals surface area contributed by atoms with Crippen molar-refractivity contribution >= 4 is 30.0 Å². The minimum absolute atomic E-state index is 0.0299. The lowest BCUT2D eigenvalue weighted by Crippen LogP contribution is -2.54. The molecule has 9 fully saturated rings. The van der Waals surface area contributed by atoms with Gasteiger partial charge >= 0.3 is 18.2 Å². The molecule has 9 rings (SSSR count). The van der Waals surface area contributed by atoms with E-state index in [4.69, 9.17) is 28.8 Å². The molecule has 0 aromatic rings. The van der Waals surface area contributed by atoms with Crippen molar-refractivity contribution in [2.75, 3.05) is 137 Å². The third kappa shape index (κ3) is 17.3. The molecule has 9 aliphatic heterocycles. The molecule has 0 aliphatic carbocycles. The molecule has 0 aromatic carbocycles. The second-order valence-electron chi connectivity index (χ2n) is 21.0. The van der Waals surface area contributed by atoms with Crippen LogP contribution in [0.5, 0.6) is 0 Å². The zero-order valence-electron chi connectivity index (χ0n) is 40.7. The summed E-state index contributed by atoms with van der Waals surface area (Å²) in [6.45, 7) is 26.2. The summed E-state index contributed by atoms with van der Waals surface area (Å²) >= 11 is 0. The smallest absolute Gasteiger partial charge is 0.410 e. The molecule has 66 heavy (non-hydrogen) atoms. The highest BCUT2D eigenvalue weighted by Gasteiger charge is 2.38. The molecule has 6 bridgehead atoms. The molecular formula is C46H81N9O11. The molecule has 20 nitrogen and oxygen atoms in total. The van der Waals surface area contributed by atoms with Gasteiger partial charge in [-0.3, -0.25) is 29.1 Å². The summed E-state index contributed by atoms with van der Waals surface area (Å²) in [5, 5.41) is 15.3. The summed E-state index contributed by atoms with van der Waals surface area (Å²) in [6, 6.07) is 0. The van der Waals surface area contributed by atoms with Crippen LogP contribution in [0.3, 0.4) is 0 Å². The van der Waals surface area contributed by atoms with E-state index in [0.29, 0.717) is 89.9 Å². The van der Waals surface area contributed by atoms with E-state index in [9.17, 15) is 24.0 Å². The van der Waals surface area contributed by atoms with Crippen molar-refractivity contribution in [1.82, 2.24) is 44.9 Å². The number of amides is 4. The van der Waals surface area contributed by atoms with Crippen LogP contribution in [0.1, 0.15) is 80.1 Å². The number of rotatable bonds is 6. The number of carbonyl (C=O) groups excluding carboxylic acids is 4. The van der Waals surface area contributed by atoms with E-state index < -0.39 is 17.2 Å². The molecule has 9 aliphatic rings. The largest absolute Gasteiger partial charge is 0.480 e. The number of fused-ring (bicyclic) bond motifs is 6. The average Bonchev–Trinajstić information content (AvgIpc) is 3.91. The van der Waals surface area contributed by atoms with Crippen molar-refractivity contribution in [3.8, 4) is 0 Å². The number of carboxylic acid groups (broad SMARTS) is 1. The minimum Gasteiger partial charge on any atom is -0.480 e. The lowest BCUT2D eigenvalue weighted by Gasteiger charge is -2.37. The Hall–Kier alpha value is -3.37. The Morgan fingerprint density at radius 3 is 1.15 bits per heavy atom. The van der Waals surface area contributed by atoms with E-state index in [1.54, 1.807) is 9.80 Å². The summed E-state index contributed by atoms with van der Waals surface area (Å²) in [6.07, 6.45) is 8.54. The van der Waals surface area contributed by atoms with E-state index >= 15 is 0 Å². The number of nitrogens with one attached hydrogen (secondary N) is 2. The molecule has 0 saturated carbocycles. The second kappa shape index (κ2) is 24.3. The molecule has 9 saturated heterocycles. The number of carboxylic acids is 1. The molecule has 0 spiro atoms. The maximum absolute atomic E-state index is 12.5. The van der Waals surface area contributed by atoms with Crippen LogP contribution in [0.25, 0.3) is 0 Å². The minimum atomic E-state index is -0.837. The number of morpholine rings is 3. The van der Waals surface area contributed by atoms with Crippen LogP contribution >= 0.6 is 0 Å². The van der Waals surface area contributed by atoms with Crippen LogP contribution in [0.15, 0.2) is 0 Å². The van der Waals surface area contributed by atoms with Crippen LogP contribution < -0.4 is 10.6 Å². The average molecular weight is 936 g/mol. The van der Waals surface area contributed by atoms with E-state index in [0.717, 1.165) is 91.1 Å². The highest BCUT2D eigenvalue weighted by molar-refractivity contribution is 5.79. The van der Waals surface area contributed by atoms with Crippen molar-refractivity contribution in [2.24, 2.45) is 0 Å². The first kappa shape index (κ1) is 52.0. The first-order chi connectivity index (χ1) is 31.3. The van der Waals surface area contributed by atoms with Gasteiger partial charge in [0.2, 0.25) is 11.8 Å². The lowest BCUT2D eigenvalue weighted by molar-refractivity contribution is -0.141. The molecule has 0 radical (unpaired) electrons. The van der Waals surface area contributed by atoms with Crippen molar-refractivity contribution in [3.05, 3.63) is 0 Å². The Kier molecular flexibility index (Phi) is 19.1. The normalized spacial score (nSPS) is 29.1. The molecule has 9 heterocycles. The topological polar surface area (TPSA) is 198 Å². The monoisotopic (exact) mass is 936 g/mol. The van der Waals surface area contributed by atoms with Gasteiger partial charge in [-0.05, 0) is 80.1 Å². The highest BCUT2D eigenvalue weighted by atomic mass is 16.6. The van der Waals surface area contributed by atoms with Crippen LogP contribution in [0.2, 0.25) is 0 Å². The Balaban J connectivity index is 0.000000153. The molecule has 6 atom stereocenters. The number of ether oxygens (including phenoxy) is 5. The number of likely N-dealkylation sites (tertiary alicyclic amines) is 2. The Bertz CT molecular complexity index is 1550. The maximum Gasteiger partial charge on any atom is 0.410 e. The van der Waals surface area contributed by atoms with E-state index in [2.05, 4.69) is 20.4 Å². The molecular weight excluding hydrogens is 855 g/mol. The Labute approximate surface area is 392 Å². The van der Waals surface area contributed by atoms with Crippen molar-refractivity contribution in [2.45, 2.75) is 128 Å². The highest BCUT2D eigenvalue weighted by Crippen LogP contribution is 2.28. The van der Waals surface area contributed by atoms with Crippen molar-refractivity contribution in [1.29, 1.82) is 0 Å². The first-order valence-electron chi connectivity index (χ1n) is 24.6. The number of hydrogen-bond donors (Lipinski definition) is 3. The van der Waals surface area contributed by atoms with Crippen LogP contribution in [-0.4, -0.2) is 255 Å². The summed E-state index contributed by atoms with van der Waals surface area (Å²) in [4.78, 5) is 72.5. The van der Waals surface area contributed by atoms with Gasteiger partial charge in [0.25, 0.3) is 0 Å². The molecule has 20 heteroatoms. The maximum atomic E-state index is 12.5. The number of aliphatic carboxylic acids is 1. The number of nitrogens with zero attached hydrogens (tertiary/aromatic N) is 7. The lowest BCUT2D eigenvalue weighted by atomic mass is 10.2. The second-order valence-corrected chi connectivity index (χ2v) is 21.0. The predicted molar refractivity (Wildman–Crippen MR) is 245 cm³/mol. The molecule has 0 aromatic heterocycles. The van der Waals surface area contributed by atoms with E-state index in [1.807, 2.05) is 56.2 Å². The van der Waals surface area contributed by atoms with Gasteiger partial charge in [-0.1, -0.05) is 0 Å². The van der Waals surface area contributed by atoms with E-state index in [-0.39, 0.29) is 42.8 Å². The number of hydrogen-bond acceptors (Lipinski definition) is 15. The summed E-state index contributed by atoms with van der Waals surface area (Å²) in [5.41, 5.74) is -0.963. The van der Waals surface area contributed by atoms with Gasteiger partial charge in [0.05, 0.1) is 56.3 Å². The van der Waals surface area contributed by atoms with Crippen molar-refractivity contribution in [3.63, 3.8) is 0 Å². The quantitative estimate of drug-likeness (QED) is 0.341. The van der Waals surface area contributed by atoms with Gasteiger partial charge < -0.3 is 59.0 Å². The number of carbonyl (C=O) groups is 5. The summed E-state index contributed by atoms with van der Waals surface area (Å²) in [5.74, 6) is -0.372. The van der Waals surface area contributed by atoms with Gasteiger partial charge in [-0.15, -0.1) is 0 Å². The Morgan fingerprint density at radius 2 is 0.803 bits per heavy atom. The molecule has 6 unspecified atom stereocenters. The van der Waals surface area contributed by atoms with Crippen molar-refractivity contribution < 1.29 is 52.8 Å². The van der Waals surface area contributed by atoms with Crippen LogP contribution in [-0.2, 0) is 38.1 Å². The van der Waals surface area contributed by atoms with Gasteiger partial charge in [0.15, 0.2) is 0 Å². The summed E-state index contributed by atoms with van der Waals surface area (Å²) < 4.78 is 27.7. The molecule has 376 valence electrons. The third-order valence-corrected chi connectivity index (χ3v) is 13.1. The first-order valence-corrected chi connectivity index (χ1v) is 24.6. The van der Waals surface area contributed by atoms with Gasteiger partial charge in [0, 0.05) is 118 Å². The fourth-order valence-electron chi connectivity index (χ4n) is 9.60. The summed E-state index contributed by atoms with van der Waals surface area (Å²) in [7, 11) is 0. The predicted octanol–water partition coefficient (Wildman–Crippen LogP) is 0.971.